The van der Waals surface area contributed by atoms with Crippen molar-refractivity contribution in [3.05, 3.63) is 36.4 Å². The minimum Gasteiger partial charge on any atom is -0.326 e. The smallest absolute Gasteiger partial charge is 0.229 e. The molecule has 0 aliphatic carbocycles. The van der Waals surface area contributed by atoms with E-state index in [0.717, 1.165) is 17.1 Å². The van der Waals surface area contributed by atoms with Gasteiger partial charge in [-0.1, -0.05) is 30.3 Å². The SMILES string of the molecule is Cn1nc(-c2ccccc2)cc1N1CC(N)CC1=O. The number of hydrogen-bond acceptors (Lipinski definition) is 3. The lowest BCUT2D eigenvalue weighted by atomic mass is 10.1. The predicted molar refractivity (Wildman–Crippen MR) is 73.6 cm³/mol. The maximum atomic E-state index is 11.9. The van der Waals surface area contributed by atoms with E-state index in [9.17, 15) is 4.79 Å². The topological polar surface area (TPSA) is 64.2 Å². The second kappa shape index (κ2) is 4.51. The Morgan fingerprint density at radius 2 is 2.05 bits per heavy atom. The number of benzene rings is 1. The van der Waals surface area contributed by atoms with Crippen molar-refractivity contribution >= 4 is 11.7 Å². The highest BCUT2D eigenvalue weighted by Crippen LogP contribution is 2.26. The highest BCUT2D eigenvalue weighted by molar-refractivity contribution is 5.95. The van der Waals surface area contributed by atoms with Crippen LogP contribution in [0.1, 0.15) is 6.42 Å². The maximum Gasteiger partial charge on any atom is 0.229 e. The molecule has 5 heteroatoms. The Hall–Kier alpha value is -2.14. The number of amides is 1. The summed E-state index contributed by atoms with van der Waals surface area (Å²) in [6.45, 7) is 0.562. The van der Waals surface area contributed by atoms with Crippen LogP contribution in [0, 0.1) is 0 Å². The Labute approximate surface area is 111 Å². The lowest BCUT2D eigenvalue weighted by Crippen LogP contribution is -2.29. The Morgan fingerprint density at radius 3 is 2.68 bits per heavy atom. The van der Waals surface area contributed by atoms with E-state index < -0.39 is 0 Å². The molecule has 1 aromatic heterocycles. The van der Waals surface area contributed by atoms with Crippen molar-refractivity contribution in [2.24, 2.45) is 12.8 Å². The van der Waals surface area contributed by atoms with Crippen LogP contribution in [0.2, 0.25) is 0 Å². The van der Waals surface area contributed by atoms with Gasteiger partial charge in [-0.3, -0.25) is 14.4 Å². The zero-order chi connectivity index (χ0) is 13.4. The molecule has 0 saturated carbocycles. The maximum absolute atomic E-state index is 11.9. The molecule has 1 unspecified atom stereocenters. The molecule has 2 aromatic rings. The van der Waals surface area contributed by atoms with Gasteiger partial charge in [-0.2, -0.15) is 5.10 Å². The van der Waals surface area contributed by atoms with Gasteiger partial charge in [0.1, 0.15) is 5.82 Å². The second-order valence-corrected chi connectivity index (χ2v) is 4.85. The lowest BCUT2D eigenvalue weighted by Gasteiger charge is -2.15. The first-order valence-electron chi connectivity index (χ1n) is 6.30. The summed E-state index contributed by atoms with van der Waals surface area (Å²) in [6.07, 6.45) is 0.409. The molecule has 0 spiro atoms. The van der Waals surface area contributed by atoms with Crippen molar-refractivity contribution in [1.29, 1.82) is 0 Å². The van der Waals surface area contributed by atoms with E-state index in [2.05, 4.69) is 5.10 Å². The number of aromatic nitrogens is 2. The quantitative estimate of drug-likeness (QED) is 0.876. The zero-order valence-corrected chi connectivity index (χ0v) is 10.8. The molecule has 98 valence electrons. The molecule has 0 radical (unpaired) electrons. The van der Waals surface area contributed by atoms with Crippen LogP contribution in [-0.2, 0) is 11.8 Å². The zero-order valence-electron chi connectivity index (χ0n) is 10.8. The van der Waals surface area contributed by atoms with Crippen molar-refractivity contribution in [3.8, 4) is 11.3 Å². The molecule has 1 saturated heterocycles. The number of nitrogens with two attached hydrogens (primary N) is 1. The fourth-order valence-electron chi connectivity index (χ4n) is 2.42. The lowest BCUT2D eigenvalue weighted by molar-refractivity contribution is -0.117. The Bertz CT molecular complexity index is 605. The van der Waals surface area contributed by atoms with Crippen LogP contribution >= 0.6 is 0 Å². The predicted octanol–water partition coefficient (Wildman–Crippen LogP) is 1.15. The first-order valence-corrected chi connectivity index (χ1v) is 6.30. The normalized spacial score (nSPS) is 19.2. The molecule has 2 heterocycles. The molecular formula is C14H16N4O. The fraction of sp³-hybridized carbons (Fsp3) is 0.286. The molecule has 1 aliphatic rings. The summed E-state index contributed by atoms with van der Waals surface area (Å²) < 4.78 is 1.73. The first kappa shape index (κ1) is 11.9. The van der Waals surface area contributed by atoms with Crippen molar-refractivity contribution in [2.75, 3.05) is 11.4 Å². The van der Waals surface area contributed by atoms with Crippen LogP contribution in [0.5, 0.6) is 0 Å². The van der Waals surface area contributed by atoms with E-state index in [1.54, 1.807) is 9.58 Å². The third kappa shape index (κ3) is 2.13. The summed E-state index contributed by atoms with van der Waals surface area (Å²) in [6, 6.07) is 11.8. The Balaban J connectivity index is 1.96. The van der Waals surface area contributed by atoms with Crippen LogP contribution in [0.4, 0.5) is 5.82 Å². The summed E-state index contributed by atoms with van der Waals surface area (Å²) in [5, 5.41) is 4.47. The monoisotopic (exact) mass is 256 g/mol. The van der Waals surface area contributed by atoms with Crippen LogP contribution in [0.3, 0.4) is 0 Å². The van der Waals surface area contributed by atoms with E-state index in [4.69, 9.17) is 5.73 Å². The highest BCUT2D eigenvalue weighted by Gasteiger charge is 2.30. The number of carbonyl (C=O) groups excluding carboxylic acids is 1. The van der Waals surface area contributed by atoms with Gasteiger partial charge in [-0.25, -0.2) is 0 Å². The van der Waals surface area contributed by atoms with E-state index in [1.807, 2.05) is 43.4 Å². The number of hydrogen-bond donors (Lipinski definition) is 1. The third-order valence-electron chi connectivity index (χ3n) is 3.36. The fourth-order valence-corrected chi connectivity index (χ4v) is 2.42. The van der Waals surface area contributed by atoms with Gasteiger partial charge in [0, 0.05) is 37.7 Å². The third-order valence-corrected chi connectivity index (χ3v) is 3.36. The van der Waals surface area contributed by atoms with Gasteiger partial charge in [0.2, 0.25) is 5.91 Å². The number of aryl methyl sites for hydroxylation is 1. The van der Waals surface area contributed by atoms with Gasteiger partial charge in [-0.05, 0) is 0 Å². The number of anilines is 1. The standard InChI is InChI=1S/C14H16N4O/c1-17-13(18-9-11(15)7-14(18)19)8-12(16-17)10-5-3-2-4-6-10/h2-6,8,11H,7,9,15H2,1H3. The summed E-state index contributed by atoms with van der Waals surface area (Å²) >= 11 is 0. The van der Waals surface area contributed by atoms with E-state index in [0.29, 0.717) is 13.0 Å². The Morgan fingerprint density at radius 1 is 1.32 bits per heavy atom. The van der Waals surface area contributed by atoms with Gasteiger partial charge in [-0.15, -0.1) is 0 Å². The first-order chi connectivity index (χ1) is 9.15. The minimum atomic E-state index is -0.0809. The molecule has 1 amide bonds. The van der Waals surface area contributed by atoms with Crippen LogP contribution in [-0.4, -0.2) is 28.3 Å². The van der Waals surface area contributed by atoms with Crippen molar-refractivity contribution < 1.29 is 4.79 Å². The summed E-state index contributed by atoms with van der Waals surface area (Å²) in [5.41, 5.74) is 7.74. The van der Waals surface area contributed by atoms with Crippen LogP contribution < -0.4 is 10.6 Å². The van der Waals surface area contributed by atoms with Gasteiger partial charge in [0.15, 0.2) is 0 Å². The largest absolute Gasteiger partial charge is 0.326 e. The van der Waals surface area contributed by atoms with Crippen molar-refractivity contribution in [1.82, 2.24) is 9.78 Å². The minimum absolute atomic E-state index is 0.0649. The van der Waals surface area contributed by atoms with Gasteiger partial charge in [0.05, 0.1) is 5.69 Å². The molecule has 1 atom stereocenters. The Kier molecular flexibility index (Phi) is 2.83. The second-order valence-electron chi connectivity index (χ2n) is 4.85. The van der Waals surface area contributed by atoms with Crippen LogP contribution in [0.15, 0.2) is 36.4 Å². The van der Waals surface area contributed by atoms with Gasteiger partial charge < -0.3 is 5.73 Å². The van der Waals surface area contributed by atoms with Crippen LogP contribution in [0.25, 0.3) is 11.3 Å². The summed E-state index contributed by atoms with van der Waals surface area (Å²) in [7, 11) is 1.85. The average molecular weight is 256 g/mol. The number of carbonyl (C=O) groups is 1. The molecule has 5 nitrogen and oxygen atoms in total. The van der Waals surface area contributed by atoms with Crippen molar-refractivity contribution in [2.45, 2.75) is 12.5 Å². The molecule has 3 rings (SSSR count). The molecule has 19 heavy (non-hydrogen) atoms. The molecule has 0 bridgehead atoms. The molecular weight excluding hydrogens is 240 g/mol. The molecule has 2 N–H and O–H groups in total. The molecule has 1 aliphatic heterocycles. The molecule has 1 fully saturated rings. The van der Waals surface area contributed by atoms with Crippen molar-refractivity contribution in [3.63, 3.8) is 0 Å². The number of rotatable bonds is 2. The summed E-state index contributed by atoms with van der Waals surface area (Å²) in [4.78, 5) is 13.6. The van der Waals surface area contributed by atoms with E-state index in [1.165, 1.54) is 0 Å². The van der Waals surface area contributed by atoms with E-state index in [-0.39, 0.29) is 11.9 Å². The highest BCUT2D eigenvalue weighted by atomic mass is 16.2. The van der Waals surface area contributed by atoms with Gasteiger partial charge >= 0.3 is 0 Å². The van der Waals surface area contributed by atoms with E-state index >= 15 is 0 Å². The number of nitrogens with zero attached hydrogens (tertiary/aromatic N) is 3. The average Bonchev–Trinajstić information content (AvgIpc) is 2.93. The molecule has 1 aromatic carbocycles. The van der Waals surface area contributed by atoms with Gasteiger partial charge in [0.25, 0.3) is 0 Å². The summed E-state index contributed by atoms with van der Waals surface area (Å²) in [5.74, 6) is 0.868.